The molecule has 0 saturated heterocycles. The van der Waals surface area contributed by atoms with E-state index < -0.39 is 0 Å². The summed E-state index contributed by atoms with van der Waals surface area (Å²) >= 11 is 0. The zero-order chi connectivity index (χ0) is 33.9. The summed E-state index contributed by atoms with van der Waals surface area (Å²) in [5.41, 5.74) is 5.47. The van der Waals surface area contributed by atoms with Gasteiger partial charge in [-0.1, -0.05) is 78.9 Å². The number of halogens is 2. The highest BCUT2D eigenvalue weighted by atomic mass is 35.5. The molecule has 260 valence electrons. The summed E-state index contributed by atoms with van der Waals surface area (Å²) in [6.45, 7) is 3.45. The van der Waals surface area contributed by atoms with Crippen molar-refractivity contribution in [1.29, 1.82) is 0 Å². The molecule has 1 aliphatic rings. The van der Waals surface area contributed by atoms with E-state index in [0.29, 0.717) is 25.8 Å². The van der Waals surface area contributed by atoms with Crippen molar-refractivity contribution in [3.8, 4) is 5.75 Å². The second-order valence-electron chi connectivity index (χ2n) is 12.7. The van der Waals surface area contributed by atoms with Crippen LogP contribution in [0.1, 0.15) is 72.9 Å². The van der Waals surface area contributed by atoms with E-state index in [1.54, 1.807) is 19.2 Å². The Morgan fingerprint density at radius 3 is 2.12 bits per heavy atom. The predicted octanol–water partition coefficient (Wildman–Crippen LogP) is 8.01. The van der Waals surface area contributed by atoms with Gasteiger partial charge in [0.1, 0.15) is 17.6 Å². The number of nitrogens with zero attached hydrogens (tertiary/aromatic N) is 1. The first-order valence-corrected chi connectivity index (χ1v) is 17.0. The number of esters is 1. The quantitative estimate of drug-likeness (QED) is 0.101. The lowest BCUT2D eigenvalue weighted by molar-refractivity contribution is -0.148. The fraction of sp³-hybridized carbons (Fsp3) is 0.366. The molecule has 49 heavy (non-hydrogen) atoms. The van der Waals surface area contributed by atoms with E-state index in [2.05, 4.69) is 77.8 Å². The van der Waals surface area contributed by atoms with E-state index in [0.717, 1.165) is 49.1 Å². The fourth-order valence-electron chi connectivity index (χ4n) is 7.32. The van der Waals surface area contributed by atoms with Gasteiger partial charge in [-0.3, -0.25) is 14.5 Å². The molecule has 1 N–H and O–H groups in total. The molecular formula is C41H48ClFN2O4. The first kappa shape index (κ1) is 37.6. The van der Waals surface area contributed by atoms with Gasteiger partial charge in [0.05, 0.1) is 14.2 Å². The normalized spacial score (nSPS) is 15.8. The third kappa shape index (κ3) is 9.28. The van der Waals surface area contributed by atoms with Gasteiger partial charge in [-0.15, -0.1) is 12.4 Å². The molecule has 4 aromatic carbocycles. The van der Waals surface area contributed by atoms with E-state index in [9.17, 15) is 14.0 Å². The molecule has 1 aliphatic heterocycles. The molecule has 0 saturated carbocycles. The molecule has 5 rings (SSSR count). The molecule has 0 spiro atoms. The van der Waals surface area contributed by atoms with Gasteiger partial charge < -0.3 is 14.8 Å². The molecule has 0 bridgehead atoms. The number of hydrogen-bond acceptors (Lipinski definition) is 5. The number of nitrogens with one attached hydrogen (secondary N) is 1. The number of benzene rings is 4. The van der Waals surface area contributed by atoms with Crippen LogP contribution in [0.3, 0.4) is 0 Å². The summed E-state index contributed by atoms with van der Waals surface area (Å²) in [4.78, 5) is 28.1. The van der Waals surface area contributed by atoms with E-state index in [-0.39, 0.29) is 47.6 Å². The number of carbonyl (C=O) groups excluding carboxylic acids is 2. The predicted molar refractivity (Wildman–Crippen MR) is 195 cm³/mol. The Kier molecular flexibility index (Phi) is 13.8. The van der Waals surface area contributed by atoms with Crippen molar-refractivity contribution in [1.82, 2.24) is 10.2 Å². The van der Waals surface area contributed by atoms with Crippen molar-refractivity contribution >= 4 is 24.3 Å². The highest BCUT2D eigenvalue weighted by molar-refractivity contribution is 5.85. The standard InChI is InChI=1S/C41H47FN2O4.ClH/c1-30-37-29-36(47-2)22-19-32(37)28-38(40(46)48-3)44(30)27-11-25-41(33-12-6-4-7-13-33,34-14-8-5-9-15-34)24-10-26-43-39(45)23-18-31-16-20-35(42)21-17-31;/h4-9,12-17,19-22,29-30,38H,10-11,18,23-28H2,1-3H3,(H,43,45);1H. The number of aryl methyl sites for hydroxylation is 1. The topological polar surface area (TPSA) is 67.9 Å². The first-order valence-electron chi connectivity index (χ1n) is 17.0. The van der Waals surface area contributed by atoms with Gasteiger partial charge in [-0.05, 0) is 104 Å². The average molecular weight is 687 g/mol. The number of methoxy groups -OCH3 is 2. The number of carbonyl (C=O) groups is 2. The molecule has 6 nitrogen and oxygen atoms in total. The molecule has 0 aliphatic carbocycles. The zero-order valence-electron chi connectivity index (χ0n) is 28.7. The lowest BCUT2D eigenvalue weighted by Crippen LogP contribution is -2.48. The van der Waals surface area contributed by atoms with Gasteiger partial charge in [-0.25, -0.2) is 4.39 Å². The third-order valence-electron chi connectivity index (χ3n) is 9.92. The van der Waals surface area contributed by atoms with Crippen LogP contribution < -0.4 is 10.1 Å². The molecule has 0 aromatic heterocycles. The number of amides is 1. The van der Waals surface area contributed by atoms with Crippen LogP contribution in [0.5, 0.6) is 5.75 Å². The van der Waals surface area contributed by atoms with Crippen molar-refractivity contribution < 1.29 is 23.5 Å². The second kappa shape index (κ2) is 18.0. The minimum Gasteiger partial charge on any atom is -0.497 e. The van der Waals surface area contributed by atoms with Crippen molar-refractivity contribution in [2.24, 2.45) is 0 Å². The summed E-state index contributed by atoms with van der Waals surface area (Å²) in [5.74, 6) is 0.320. The monoisotopic (exact) mass is 686 g/mol. The van der Waals surface area contributed by atoms with Gasteiger partial charge in [0.2, 0.25) is 5.91 Å². The molecule has 4 aromatic rings. The molecular weight excluding hydrogens is 639 g/mol. The molecule has 1 amide bonds. The van der Waals surface area contributed by atoms with Gasteiger partial charge in [0.15, 0.2) is 0 Å². The fourth-order valence-corrected chi connectivity index (χ4v) is 7.32. The maximum atomic E-state index is 13.3. The first-order chi connectivity index (χ1) is 23.3. The highest BCUT2D eigenvalue weighted by Crippen LogP contribution is 2.42. The number of fused-ring (bicyclic) bond motifs is 1. The van der Waals surface area contributed by atoms with E-state index in [4.69, 9.17) is 9.47 Å². The molecule has 0 fully saturated rings. The molecule has 0 radical (unpaired) electrons. The minimum absolute atomic E-state index is 0. The smallest absolute Gasteiger partial charge is 0.323 e. The summed E-state index contributed by atoms with van der Waals surface area (Å²) in [6.07, 6.45) is 4.88. The third-order valence-corrected chi connectivity index (χ3v) is 9.92. The highest BCUT2D eigenvalue weighted by Gasteiger charge is 2.38. The lowest BCUT2D eigenvalue weighted by Gasteiger charge is -2.42. The van der Waals surface area contributed by atoms with Crippen LogP contribution >= 0.6 is 12.4 Å². The summed E-state index contributed by atoms with van der Waals surface area (Å²) < 4.78 is 24.1. The SMILES string of the molecule is COC(=O)C1Cc2ccc(OC)cc2C(C)N1CCCC(CCCNC(=O)CCc1ccc(F)cc1)(c1ccccc1)c1ccccc1.Cl. The Balaban J connectivity index is 0.00000541. The van der Waals surface area contributed by atoms with Crippen LogP contribution in [0, 0.1) is 5.82 Å². The maximum absolute atomic E-state index is 13.3. The maximum Gasteiger partial charge on any atom is 0.323 e. The second-order valence-corrected chi connectivity index (χ2v) is 12.7. The van der Waals surface area contributed by atoms with E-state index >= 15 is 0 Å². The van der Waals surface area contributed by atoms with E-state index in [1.807, 2.05) is 18.2 Å². The largest absolute Gasteiger partial charge is 0.497 e. The van der Waals surface area contributed by atoms with Crippen molar-refractivity contribution in [3.63, 3.8) is 0 Å². The van der Waals surface area contributed by atoms with Crippen molar-refractivity contribution in [3.05, 3.63) is 137 Å². The van der Waals surface area contributed by atoms with Crippen LogP contribution in [-0.4, -0.2) is 50.1 Å². The Morgan fingerprint density at radius 1 is 0.878 bits per heavy atom. The average Bonchev–Trinajstić information content (AvgIpc) is 3.13. The molecule has 8 heteroatoms. The molecule has 2 atom stereocenters. The van der Waals surface area contributed by atoms with Crippen LogP contribution in [-0.2, 0) is 32.6 Å². The number of rotatable bonds is 15. The Labute approximate surface area is 296 Å². The Hall–Kier alpha value is -4.20. The summed E-state index contributed by atoms with van der Waals surface area (Å²) in [7, 11) is 3.14. The van der Waals surface area contributed by atoms with Crippen LogP contribution in [0.2, 0.25) is 0 Å². The summed E-state index contributed by atoms with van der Waals surface area (Å²) in [6, 6.07) is 33.4. The summed E-state index contributed by atoms with van der Waals surface area (Å²) in [5, 5.41) is 3.11. The van der Waals surface area contributed by atoms with Crippen LogP contribution in [0.4, 0.5) is 4.39 Å². The lowest BCUT2D eigenvalue weighted by atomic mass is 9.68. The van der Waals surface area contributed by atoms with Crippen LogP contribution in [0.15, 0.2) is 103 Å². The Morgan fingerprint density at radius 2 is 1.51 bits per heavy atom. The van der Waals surface area contributed by atoms with Crippen molar-refractivity contribution in [2.75, 3.05) is 27.3 Å². The van der Waals surface area contributed by atoms with E-state index in [1.165, 1.54) is 35.9 Å². The number of ether oxygens (including phenoxy) is 2. The van der Waals surface area contributed by atoms with Gasteiger partial charge in [-0.2, -0.15) is 0 Å². The Bertz CT molecular complexity index is 1600. The zero-order valence-corrected chi connectivity index (χ0v) is 29.5. The molecule has 2 unspecified atom stereocenters. The minimum atomic E-state index is -0.362. The van der Waals surface area contributed by atoms with Gasteiger partial charge in [0, 0.05) is 24.4 Å². The van der Waals surface area contributed by atoms with Gasteiger partial charge >= 0.3 is 5.97 Å². The van der Waals surface area contributed by atoms with Crippen LogP contribution in [0.25, 0.3) is 0 Å². The number of hydrogen-bond donors (Lipinski definition) is 1. The van der Waals surface area contributed by atoms with Crippen molar-refractivity contribution in [2.45, 2.75) is 69.4 Å². The molecule has 1 heterocycles. The van der Waals surface area contributed by atoms with Gasteiger partial charge in [0.25, 0.3) is 0 Å².